The second-order valence-corrected chi connectivity index (χ2v) is 6.65. The molecular formula is C17H10BrClO5. The van der Waals surface area contributed by atoms with Gasteiger partial charge in [-0.15, -0.1) is 0 Å². The number of halogens is 2. The maximum atomic E-state index is 12.5. The van der Waals surface area contributed by atoms with Crippen molar-refractivity contribution in [3.63, 3.8) is 0 Å². The molecule has 0 saturated carbocycles. The van der Waals surface area contributed by atoms with Crippen molar-refractivity contribution in [2.24, 2.45) is 0 Å². The van der Waals surface area contributed by atoms with Crippen LogP contribution in [-0.2, 0) is 11.3 Å². The molecule has 5 nitrogen and oxygen atoms in total. The van der Waals surface area contributed by atoms with Crippen LogP contribution in [0.15, 0.2) is 44.0 Å². The molecule has 0 amide bonds. The van der Waals surface area contributed by atoms with Gasteiger partial charge in [0.1, 0.15) is 11.3 Å². The lowest BCUT2D eigenvalue weighted by Crippen LogP contribution is -2.12. The Bertz CT molecular complexity index is 1030. The molecule has 2 heterocycles. The number of benzene rings is 2. The highest BCUT2D eigenvalue weighted by molar-refractivity contribution is 9.10. The van der Waals surface area contributed by atoms with Gasteiger partial charge in [-0.2, -0.15) is 0 Å². The van der Waals surface area contributed by atoms with Gasteiger partial charge in [0.2, 0.25) is 11.2 Å². The molecule has 0 saturated heterocycles. The lowest BCUT2D eigenvalue weighted by Gasteiger charge is -2.21. The van der Waals surface area contributed by atoms with Crippen LogP contribution < -0.4 is 10.2 Å². The van der Waals surface area contributed by atoms with E-state index in [4.69, 9.17) is 25.5 Å². The summed E-state index contributed by atoms with van der Waals surface area (Å²) < 4.78 is 17.4. The van der Waals surface area contributed by atoms with Gasteiger partial charge < -0.3 is 19.0 Å². The van der Waals surface area contributed by atoms with Gasteiger partial charge in [-0.3, -0.25) is 4.79 Å². The summed E-state index contributed by atoms with van der Waals surface area (Å²) in [6, 6.07) is 8.26. The summed E-state index contributed by atoms with van der Waals surface area (Å²) in [6.07, 6.45) is 0. The molecule has 0 radical (unpaired) electrons. The van der Waals surface area contributed by atoms with Gasteiger partial charge in [0, 0.05) is 15.1 Å². The summed E-state index contributed by atoms with van der Waals surface area (Å²) in [4.78, 5) is 12.5. The van der Waals surface area contributed by atoms with E-state index in [0.717, 1.165) is 10.0 Å². The van der Waals surface area contributed by atoms with Crippen molar-refractivity contribution in [3.05, 3.63) is 55.6 Å². The molecule has 24 heavy (non-hydrogen) atoms. The number of rotatable bonds is 1. The van der Waals surface area contributed by atoms with Gasteiger partial charge in [-0.25, -0.2) is 0 Å². The van der Waals surface area contributed by atoms with Crippen LogP contribution in [0.4, 0.5) is 0 Å². The molecule has 2 aromatic carbocycles. The maximum Gasteiger partial charge on any atom is 0.235 e. The van der Waals surface area contributed by atoms with Crippen LogP contribution in [0.5, 0.6) is 11.5 Å². The SMILES string of the molecule is O=c1c(O)c(-c2cc(Br)cc3c2OCOC3)oc2ccc(Cl)cc12. The van der Waals surface area contributed by atoms with Crippen molar-refractivity contribution in [3.8, 4) is 22.8 Å². The minimum absolute atomic E-state index is 0.0503. The second-order valence-electron chi connectivity index (χ2n) is 5.30. The van der Waals surface area contributed by atoms with E-state index in [2.05, 4.69) is 15.9 Å². The lowest BCUT2D eigenvalue weighted by atomic mass is 10.0. The monoisotopic (exact) mass is 408 g/mol. The molecule has 7 heteroatoms. The molecule has 1 aromatic heterocycles. The molecule has 3 aromatic rings. The molecule has 122 valence electrons. The Morgan fingerprint density at radius 1 is 1.21 bits per heavy atom. The third kappa shape index (κ3) is 2.47. The van der Waals surface area contributed by atoms with Crippen molar-refractivity contribution in [2.75, 3.05) is 6.79 Å². The van der Waals surface area contributed by atoms with Gasteiger partial charge in [0.25, 0.3) is 0 Å². The predicted octanol–water partition coefficient (Wildman–Crippen LogP) is 4.45. The van der Waals surface area contributed by atoms with Crippen molar-refractivity contribution >= 4 is 38.5 Å². The summed E-state index contributed by atoms with van der Waals surface area (Å²) in [5, 5.41) is 11.0. The third-order valence-corrected chi connectivity index (χ3v) is 4.44. The Hall–Kier alpha value is -2.02. The average molecular weight is 410 g/mol. The Balaban J connectivity index is 2.04. The first-order chi connectivity index (χ1) is 11.5. The van der Waals surface area contributed by atoms with Gasteiger partial charge in [0.05, 0.1) is 17.6 Å². The number of aromatic hydroxyl groups is 1. The molecule has 0 bridgehead atoms. The highest BCUT2D eigenvalue weighted by atomic mass is 79.9. The summed E-state index contributed by atoms with van der Waals surface area (Å²) in [6.45, 7) is 0.464. The predicted molar refractivity (Wildman–Crippen MR) is 92.6 cm³/mol. The first kappa shape index (κ1) is 15.5. The smallest absolute Gasteiger partial charge is 0.235 e. The molecule has 4 rings (SSSR count). The van der Waals surface area contributed by atoms with Gasteiger partial charge in [0.15, 0.2) is 12.6 Å². The zero-order chi connectivity index (χ0) is 16.8. The minimum Gasteiger partial charge on any atom is -0.502 e. The molecule has 0 unspecified atom stereocenters. The lowest BCUT2D eigenvalue weighted by molar-refractivity contribution is -0.0160. The summed E-state index contributed by atoms with van der Waals surface area (Å²) in [7, 11) is 0. The van der Waals surface area contributed by atoms with E-state index in [1.165, 1.54) is 6.07 Å². The number of ether oxygens (including phenoxy) is 2. The molecule has 1 aliphatic heterocycles. The summed E-state index contributed by atoms with van der Waals surface area (Å²) >= 11 is 9.32. The first-order valence-corrected chi connectivity index (χ1v) is 8.20. The standard InChI is InChI=1S/C17H10BrClO5/c18-9-3-8-6-22-7-23-16(8)12(4-9)17-15(21)14(20)11-5-10(19)1-2-13(11)24-17/h1-5,21H,6-7H2. The van der Waals surface area contributed by atoms with E-state index in [0.29, 0.717) is 28.5 Å². The highest BCUT2D eigenvalue weighted by Gasteiger charge is 2.23. The number of hydrogen-bond acceptors (Lipinski definition) is 5. The fraction of sp³-hybridized carbons (Fsp3) is 0.118. The quantitative estimate of drug-likeness (QED) is 0.643. The van der Waals surface area contributed by atoms with Gasteiger partial charge >= 0.3 is 0 Å². The van der Waals surface area contributed by atoms with Gasteiger partial charge in [-0.1, -0.05) is 27.5 Å². The molecule has 1 aliphatic rings. The zero-order valence-electron chi connectivity index (χ0n) is 12.1. The molecule has 1 N–H and O–H groups in total. The van der Waals surface area contributed by atoms with E-state index < -0.39 is 11.2 Å². The second kappa shape index (κ2) is 5.81. The largest absolute Gasteiger partial charge is 0.502 e. The van der Waals surface area contributed by atoms with E-state index in [-0.39, 0.29) is 17.9 Å². The molecular weight excluding hydrogens is 400 g/mol. The number of fused-ring (bicyclic) bond motifs is 2. The molecule has 0 spiro atoms. The van der Waals surface area contributed by atoms with E-state index >= 15 is 0 Å². The van der Waals surface area contributed by atoms with Crippen LogP contribution >= 0.6 is 27.5 Å². The van der Waals surface area contributed by atoms with E-state index in [9.17, 15) is 9.90 Å². The van der Waals surface area contributed by atoms with Crippen LogP contribution in [-0.4, -0.2) is 11.9 Å². The fourth-order valence-corrected chi connectivity index (χ4v) is 3.37. The van der Waals surface area contributed by atoms with E-state index in [1.54, 1.807) is 18.2 Å². The van der Waals surface area contributed by atoms with Crippen LogP contribution in [0.2, 0.25) is 5.02 Å². The van der Waals surface area contributed by atoms with Crippen molar-refractivity contribution in [2.45, 2.75) is 6.61 Å². The first-order valence-electron chi connectivity index (χ1n) is 7.03. The van der Waals surface area contributed by atoms with Crippen LogP contribution in [0, 0.1) is 0 Å². The van der Waals surface area contributed by atoms with Crippen molar-refractivity contribution < 1.29 is 19.0 Å². The summed E-state index contributed by atoms with van der Waals surface area (Å²) in [5.74, 6) is 0.0886. The topological polar surface area (TPSA) is 68.9 Å². The minimum atomic E-state index is -0.547. The maximum absolute atomic E-state index is 12.5. The molecule has 0 aliphatic carbocycles. The molecule has 0 atom stereocenters. The third-order valence-electron chi connectivity index (χ3n) is 3.75. The van der Waals surface area contributed by atoms with Crippen LogP contribution in [0.1, 0.15) is 5.56 Å². The molecule has 0 fully saturated rings. The van der Waals surface area contributed by atoms with E-state index in [1.807, 2.05) is 6.07 Å². The summed E-state index contributed by atoms with van der Waals surface area (Å²) in [5.41, 5.74) is 1.06. The normalized spacial score (nSPS) is 13.6. The Morgan fingerprint density at radius 3 is 2.88 bits per heavy atom. The van der Waals surface area contributed by atoms with Crippen molar-refractivity contribution in [1.29, 1.82) is 0 Å². The number of hydrogen-bond donors (Lipinski definition) is 1. The Labute approximate surface area is 149 Å². The highest BCUT2D eigenvalue weighted by Crippen LogP contribution is 2.41. The zero-order valence-corrected chi connectivity index (χ0v) is 14.5. The Kier molecular flexibility index (Phi) is 3.75. The van der Waals surface area contributed by atoms with Crippen LogP contribution in [0.3, 0.4) is 0 Å². The Morgan fingerprint density at radius 2 is 2.04 bits per heavy atom. The van der Waals surface area contributed by atoms with Gasteiger partial charge in [-0.05, 0) is 30.3 Å². The average Bonchev–Trinajstić information content (AvgIpc) is 2.58. The van der Waals surface area contributed by atoms with Crippen LogP contribution in [0.25, 0.3) is 22.3 Å². The van der Waals surface area contributed by atoms with Crippen molar-refractivity contribution in [1.82, 2.24) is 0 Å². The fourth-order valence-electron chi connectivity index (χ4n) is 2.69.